The van der Waals surface area contributed by atoms with E-state index in [0.29, 0.717) is 11.7 Å². The van der Waals surface area contributed by atoms with Crippen molar-refractivity contribution in [3.05, 3.63) is 35.9 Å². The molecule has 0 amide bonds. The Morgan fingerprint density at radius 2 is 1.72 bits per heavy atom. The van der Waals surface area contributed by atoms with Crippen molar-refractivity contribution < 1.29 is 4.79 Å². The molecule has 0 aromatic heterocycles. The molecule has 1 aromatic carbocycles. The first-order valence-corrected chi connectivity index (χ1v) is 7.40. The van der Waals surface area contributed by atoms with Crippen LogP contribution in [0.5, 0.6) is 0 Å². The van der Waals surface area contributed by atoms with E-state index in [0.717, 1.165) is 19.3 Å². The van der Waals surface area contributed by atoms with Crippen LogP contribution in [0.2, 0.25) is 0 Å². The van der Waals surface area contributed by atoms with Gasteiger partial charge in [-0.2, -0.15) is 0 Å². The van der Waals surface area contributed by atoms with Gasteiger partial charge in [0.25, 0.3) is 0 Å². The number of Topliss-reactive ketones (excluding diaryl/α,β-unsaturated/α-hetero) is 1. The standard InChI is InChI=1S/C17H22O/c18-16(13-14-7-6-8-14)17(11-4-5-12-17)15-9-2-1-3-10-15/h1-3,9-10,14H,4-8,11-13H2. The van der Waals surface area contributed by atoms with Crippen LogP contribution < -0.4 is 0 Å². The van der Waals surface area contributed by atoms with E-state index in [4.69, 9.17) is 0 Å². The Kier molecular flexibility index (Phi) is 3.23. The number of carbonyl (C=O) groups is 1. The third kappa shape index (κ3) is 2.00. The molecule has 0 heterocycles. The Hall–Kier alpha value is -1.11. The lowest BCUT2D eigenvalue weighted by atomic mass is 9.70. The van der Waals surface area contributed by atoms with Gasteiger partial charge in [-0.05, 0) is 24.3 Å². The van der Waals surface area contributed by atoms with Gasteiger partial charge >= 0.3 is 0 Å². The molecule has 0 saturated heterocycles. The summed E-state index contributed by atoms with van der Waals surface area (Å²) >= 11 is 0. The molecule has 3 rings (SSSR count). The summed E-state index contributed by atoms with van der Waals surface area (Å²) in [5.74, 6) is 1.22. The summed E-state index contributed by atoms with van der Waals surface area (Å²) in [6, 6.07) is 10.5. The van der Waals surface area contributed by atoms with Crippen molar-refractivity contribution in [3.63, 3.8) is 0 Å². The molecule has 1 heteroatoms. The van der Waals surface area contributed by atoms with Crippen LogP contribution in [0.1, 0.15) is 56.9 Å². The monoisotopic (exact) mass is 242 g/mol. The van der Waals surface area contributed by atoms with Gasteiger partial charge in [-0.1, -0.05) is 62.4 Å². The molecule has 0 bridgehead atoms. The minimum atomic E-state index is -0.128. The highest BCUT2D eigenvalue weighted by atomic mass is 16.1. The van der Waals surface area contributed by atoms with Crippen molar-refractivity contribution in [2.45, 2.75) is 56.8 Å². The van der Waals surface area contributed by atoms with Crippen LogP contribution in [0.3, 0.4) is 0 Å². The molecule has 0 N–H and O–H groups in total. The van der Waals surface area contributed by atoms with E-state index in [1.54, 1.807) is 0 Å². The lowest BCUT2D eigenvalue weighted by molar-refractivity contribution is -0.126. The number of hydrogen-bond acceptors (Lipinski definition) is 1. The minimum Gasteiger partial charge on any atom is -0.299 e. The lowest BCUT2D eigenvalue weighted by Gasteiger charge is -2.32. The Bertz CT molecular complexity index is 410. The van der Waals surface area contributed by atoms with Gasteiger partial charge < -0.3 is 0 Å². The lowest BCUT2D eigenvalue weighted by Crippen LogP contribution is -2.35. The Morgan fingerprint density at radius 1 is 1.06 bits per heavy atom. The van der Waals surface area contributed by atoms with Crippen molar-refractivity contribution in [1.82, 2.24) is 0 Å². The van der Waals surface area contributed by atoms with E-state index in [1.807, 2.05) is 6.07 Å². The molecule has 1 nitrogen and oxygen atoms in total. The highest BCUT2D eigenvalue weighted by Crippen LogP contribution is 2.44. The van der Waals surface area contributed by atoms with E-state index < -0.39 is 0 Å². The van der Waals surface area contributed by atoms with Crippen molar-refractivity contribution in [2.75, 3.05) is 0 Å². The summed E-state index contributed by atoms with van der Waals surface area (Å²) in [7, 11) is 0. The molecule has 2 aliphatic carbocycles. The zero-order chi connectivity index (χ0) is 12.4. The third-order valence-electron chi connectivity index (χ3n) is 5.02. The summed E-state index contributed by atoms with van der Waals surface area (Å²) in [6.45, 7) is 0. The highest BCUT2D eigenvalue weighted by molar-refractivity contribution is 5.90. The maximum Gasteiger partial charge on any atom is 0.143 e. The zero-order valence-corrected chi connectivity index (χ0v) is 11.0. The Balaban J connectivity index is 1.84. The van der Waals surface area contributed by atoms with Crippen molar-refractivity contribution in [1.29, 1.82) is 0 Å². The smallest absolute Gasteiger partial charge is 0.143 e. The summed E-state index contributed by atoms with van der Waals surface area (Å²) < 4.78 is 0. The molecule has 1 aromatic rings. The van der Waals surface area contributed by atoms with Crippen molar-refractivity contribution in [3.8, 4) is 0 Å². The van der Waals surface area contributed by atoms with E-state index in [2.05, 4.69) is 24.3 Å². The summed E-state index contributed by atoms with van der Waals surface area (Å²) in [5, 5.41) is 0. The number of rotatable bonds is 4. The number of hydrogen-bond donors (Lipinski definition) is 0. The summed E-state index contributed by atoms with van der Waals surface area (Å²) in [5.41, 5.74) is 1.14. The van der Waals surface area contributed by atoms with Gasteiger partial charge in [-0.25, -0.2) is 0 Å². The van der Waals surface area contributed by atoms with Gasteiger partial charge in [0, 0.05) is 6.42 Å². The van der Waals surface area contributed by atoms with E-state index >= 15 is 0 Å². The summed E-state index contributed by atoms with van der Waals surface area (Å²) in [4.78, 5) is 12.8. The van der Waals surface area contributed by atoms with Crippen LogP contribution in [0.4, 0.5) is 0 Å². The first-order chi connectivity index (χ1) is 8.81. The fourth-order valence-corrected chi connectivity index (χ4v) is 3.62. The molecular weight excluding hydrogens is 220 g/mol. The number of benzene rings is 1. The van der Waals surface area contributed by atoms with Gasteiger partial charge in [0.15, 0.2) is 0 Å². The second kappa shape index (κ2) is 4.87. The quantitative estimate of drug-likeness (QED) is 0.771. The number of ketones is 1. The predicted molar refractivity (Wildman–Crippen MR) is 73.6 cm³/mol. The minimum absolute atomic E-state index is 0.128. The predicted octanol–water partition coefficient (Wildman–Crippen LogP) is 4.26. The zero-order valence-electron chi connectivity index (χ0n) is 11.0. The molecule has 0 aliphatic heterocycles. The average Bonchev–Trinajstić information content (AvgIpc) is 2.85. The average molecular weight is 242 g/mol. The van der Waals surface area contributed by atoms with Crippen molar-refractivity contribution >= 4 is 5.78 Å². The Labute approximate surface area is 110 Å². The largest absolute Gasteiger partial charge is 0.299 e. The molecule has 0 unspecified atom stereocenters. The van der Waals surface area contributed by atoms with E-state index in [9.17, 15) is 4.79 Å². The van der Waals surface area contributed by atoms with Crippen LogP contribution in [-0.2, 0) is 10.2 Å². The third-order valence-corrected chi connectivity index (χ3v) is 5.02. The van der Waals surface area contributed by atoms with Gasteiger partial charge in [0.1, 0.15) is 5.78 Å². The Morgan fingerprint density at radius 3 is 2.28 bits per heavy atom. The molecule has 18 heavy (non-hydrogen) atoms. The second-order valence-corrected chi connectivity index (χ2v) is 6.08. The van der Waals surface area contributed by atoms with Crippen LogP contribution in [0.25, 0.3) is 0 Å². The molecule has 2 saturated carbocycles. The van der Waals surface area contributed by atoms with Crippen LogP contribution in [-0.4, -0.2) is 5.78 Å². The van der Waals surface area contributed by atoms with Gasteiger partial charge in [0.2, 0.25) is 0 Å². The normalized spacial score (nSPS) is 22.7. The van der Waals surface area contributed by atoms with E-state index in [-0.39, 0.29) is 5.41 Å². The molecule has 0 atom stereocenters. The molecule has 0 spiro atoms. The molecule has 2 fully saturated rings. The van der Waals surface area contributed by atoms with Crippen LogP contribution in [0, 0.1) is 5.92 Å². The number of carbonyl (C=O) groups excluding carboxylic acids is 1. The topological polar surface area (TPSA) is 17.1 Å². The van der Waals surface area contributed by atoms with Crippen LogP contribution in [0.15, 0.2) is 30.3 Å². The fraction of sp³-hybridized carbons (Fsp3) is 0.588. The van der Waals surface area contributed by atoms with Crippen LogP contribution >= 0.6 is 0 Å². The fourth-order valence-electron chi connectivity index (χ4n) is 3.62. The highest BCUT2D eigenvalue weighted by Gasteiger charge is 2.42. The summed E-state index contributed by atoms with van der Waals surface area (Å²) in [6.07, 6.45) is 9.28. The first kappa shape index (κ1) is 12.0. The van der Waals surface area contributed by atoms with Gasteiger partial charge in [0.05, 0.1) is 5.41 Å². The molecular formula is C17H22O. The maximum atomic E-state index is 12.8. The SMILES string of the molecule is O=C(CC1CCC1)C1(c2ccccc2)CCCC1. The molecule has 96 valence electrons. The molecule has 2 aliphatic rings. The van der Waals surface area contributed by atoms with Gasteiger partial charge in [-0.3, -0.25) is 4.79 Å². The van der Waals surface area contributed by atoms with Gasteiger partial charge in [-0.15, -0.1) is 0 Å². The van der Waals surface area contributed by atoms with Crippen molar-refractivity contribution in [2.24, 2.45) is 5.92 Å². The molecule has 0 radical (unpaired) electrons. The maximum absolute atomic E-state index is 12.8. The van der Waals surface area contributed by atoms with E-state index in [1.165, 1.54) is 37.7 Å². The first-order valence-electron chi connectivity index (χ1n) is 7.40. The second-order valence-electron chi connectivity index (χ2n) is 6.08.